The van der Waals surface area contributed by atoms with E-state index in [-0.39, 0.29) is 0 Å². The van der Waals surface area contributed by atoms with Gasteiger partial charge < -0.3 is 5.32 Å². The second-order valence-electron chi connectivity index (χ2n) is 3.88. The Labute approximate surface area is 99.3 Å². The second kappa shape index (κ2) is 4.76. The fourth-order valence-electron chi connectivity index (χ4n) is 1.68. The molecule has 1 N–H and O–H groups in total. The van der Waals surface area contributed by atoms with Crippen molar-refractivity contribution in [3.63, 3.8) is 0 Å². The van der Waals surface area contributed by atoms with Crippen molar-refractivity contribution in [2.75, 3.05) is 7.05 Å². The average Bonchev–Trinajstić information content (AvgIpc) is 2.84. The van der Waals surface area contributed by atoms with Crippen molar-refractivity contribution in [1.29, 1.82) is 0 Å². The molecule has 4 nitrogen and oxygen atoms in total. The van der Waals surface area contributed by atoms with Crippen LogP contribution in [0, 0.1) is 6.92 Å². The highest BCUT2D eigenvalue weighted by molar-refractivity contribution is 7.12. The lowest BCUT2D eigenvalue weighted by Crippen LogP contribution is -2.17. The highest BCUT2D eigenvalue weighted by Gasteiger charge is 2.13. The lowest BCUT2D eigenvalue weighted by Gasteiger charge is -2.12. The summed E-state index contributed by atoms with van der Waals surface area (Å²) in [5.41, 5.74) is 1.02. The molecule has 86 valence electrons. The van der Waals surface area contributed by atoms with Gasteiger partial charge in [0.15, 0.2) is 0 Å². The molecule has 0 fully saturated rings. The number of thiophene rings is 1. The zero-order valence-corrected chi connectivity index (χ0v) is 10.6. The van der Waals surface area contributed by atoms with Crippen molar-refractivity contribution in [2.24, 2.45) is 7.05 Å². The van der Waals surface area contributed by atoms with Gasteiger partial charge in [-0.3, -0.25) is 4.68 Å². The molecular formula is C11H16N4S. The van der Waals surface area contributed by atoms with Gasteiger partial charge in [-0.25, -0.2) is 0 Å². The Morgan fingerprint density at radius 1 is 1.50 bits per heavy atom. The van der Waals surface area contributed by atoms with Gasteiger partial charge in [0, 0.05) is 35.5 Å². The van der Waals surface area contributed by atoms with E-state index < -0.39 is 0 Å². The minimum absolute atomic E-state index is 0.329. The SMILES string of the molecule is CNC(Cc1cn(C)nn1)c1ccc(C)s1. The lowest BCUT2D eigenvalue weighted by molar-refractivity contribution is 0.593. The van der Waals surface area contributed by atoms with Crippen LogP contribution in [-0.2, 0) is 13.5 Å². The van der Waals surface area contributed by atoms with Gasteiger partial charge >= 0.3 is 0 Å². The van der Waals surface area contributed by atoms with E-state index in [2.05, 4.69) is 34.7 Å². The van der Waals surface area contributed by atoms with Gasteiger partial charge in [-0.1, -0.05) is 5.21 Å². The van der Waals surface area contributed by atoms with Crippen LogP contribution in [0.2, 0.25) is 0 Å². The number of likely N-dealkylation sites (N-methyl/N-ethyl adjacent to an activating group) is 1. The molecule has 1 unspecified atom stereocenters. The van der Waals surface area contributed by atoms with Crippen molar-refractivity contribution in [3.8, 4) is 0 Å². The highest BCUT2D eigenvalue weighted by atomic mass is 32.1. The molecule has 0 amide bonds. The minimum atomic E-state index is 0.329. The first-order chi connectivity index (χ1) is 7.69. The third-order valence-electron chi connectivity index (χ3n) is 2.52. The fourth-order valence-corrected chi connectivity index (χ4v) is 2.67. The summed E-state index contributed by atoms with van der Waals surface area (Å²) in [5, 5.41) is 11.4. The molecule has 0 aromatic carbocycles. The van der Waals surface area contributed by atoms with Gasteiger partial charge in [0.2, 0.25) is 0 Å². The maximum absolute atomic E-state index is 4.11. The summed E-state index contributed by atoms with van der Waals surface area (Å²) in [6.07, 6.45) is 2.84. The average molecular weight is 236 g/mol. The summed E-state index contributed by atoms with van der Waals surface area (Å²) >= 11 is 1.83. The van der Waals surface area contributed by atoms with Gasteiger partial charge in [-0.2, -0.15) is 0 Å². The molecule has 2 rings (SSSR count). The molecule has 2 heterocycles. The molecule has 0 aliphatic heterocycles. The summed E-state index contributed by atoms with van der Waals surface area (Å²) in [5.74, 6) is 0. The molecule has 0 saturated carbocycles. The Bertz CT molecular complexity index is 460. The smallest absolute Gasteiger partial charge is 0.0846 e. The van der Waals surface area contributed by atoms with Gasteiger partial charge in [0.25, 0.3) is 0 Å². The van der Waals surface area contributed by atoms with Crippen LogP contribution >= 0.6 is 11.3 Å². The maximum Gasteiger partial charge on any atom is 0.0846 e. The summed E-state index contributed by atoms with van der Waals surface area (Å²) in [6, 6.07) is 4.66. The zero-order chi connectivity index (χ0) is 11.5. The second-order valence-corrected chi connectivity index (χ2v) is 5.20. The van der Waals surface area contributed by atoms with Crippen LogP contribution < -0.4 is 5.32 Å². The molecule has 0 radical (unpaired) electrons. The first-order valence-electron chi connectivity index (χ1n) is 5.28. The fraction of sp³-hybridized carbons (Fsp3) is 0.455. The van der Waals surface area contributed by atoms with E-state index in [1.807, 2.05) is 31.6 Å². The van der Waals surface area contributed by atoms with Crippen LogP contribution in [0.3, 0.4) is 0 Å². The first kappa shape index (κ1) is 11.3. The van der Waals surface area contributed by atoms with E-state index in [1.165, 1.54) is 9.75 Å². The van der Waals surface area contributed by atoms with Crippen molar-refractivity contribution >= 4 is 11.3 Å². The molecule has 5 heteroatoms. The third kappa shape index (κ3) is 2.48. The maximum atomic E-state index is 4.11. The Morgan fingerprint density at radius 2 is 2.31 bits per heavy atom. The number of hydrogen-bond donors (Lipinski definition) is 1. The van der Waals surface area contributed by atoms with E-state index in [1.54, 1.807) is 4.68 Å². The van der Waals surface area contributed by atoms with Crippen LogP contribution in [0.4, 0.5) is 0 Å². The van der Waals surface area contributed by atoms with Crippen LogP contribution in [0.25, 0.3) is 0 Å². The quantitative estimate of drug-likeness (QED) is 0.878. The number of nitrogens with zero attached hydrogens (tertiary/aromatic N) is 3. The number of aromatic nitrogens is 3. The predicted octanol–water partition coefficient (Wildman–Crippen LogP) is 1.69. The van der Waals surface area contributed by atoms with Gasteiger partial charge in [0.1, 0.15) is 0 Å². The number of hydrogen-bond acceptors (Lipinski definition) is 4. The summed E-state index contributed by atoms with van der Waals surface area (Å²) in [6.45, 7) is 2.13. The lowest BCUT2D eigenvalue weighted by atomic mass is 10.1. The Kier molecular flexibility index (Phi) is 3.36. The Hall–Kier alpha value is -1.20. The first-order valence-corrected chi connectivity index (χ1v) is 6.09. The normalized spacial score (nSPS) is 12.9. The van der Waals surface area contributed by atoms with E-state index in [9.17, 15) is 0 Å². The summed E-state index contributed by atoms with van der Waals surface area (Å²) in [7, 11) is 3.87. The molecular weight excluding hydrogens is 220 g/mol. The molecule has 2 aromatic rings. The standard InChI is InChI=1S/C11H16N4S/c1-8-4-5-11(16-8)10(12-2)6-9-7-15(3)14-13-9/h4-5,7,10,12H,6H2,1-3H3. The molecule has 2 aromatic heterocycles. The highest BCUT2D eigenvalue weighted by Crippen LogP contribution is 2.24. The van der Waals surface area contributed by atoms with Crippen molar-refractivity contribution in [3.05, 3.63) is 33.8 Å². The van der Waals surface area contributed by atoms with Crippen LogP contribution in [0.5, 0.6) is 0 Å². The van der Waals surface area contributed by atoms with Gasteiger partial charge in [-0.15, -0.1) is 16.4 Å². The molecule has 0 aliphatic carbocycles. The monoisotopic (exact) mass is 236 g/mol. The van der Waals surface area contributed by atoms with Crippen LogP contribution in [-0.4, -0.2) is 22.0 Å². The number of rotatable bonds is 4. The van der Waals surface area contributed by atoms with Gasteiger partial charge in [0.05, 0.1) is 5.69 Å². The topological polar surface area (TPSA) is 42.7 Å². The Morgan fingerprint density at radius 3 is 2.81 bits per heavy atom. The van der Waals surface area contributed by atoms with E-state index in [4.69, 9.17) is 0 Å². The largest absolute Gasteiger partial charge is 0.312 e. The van der Waals surface area contributed by atoms with Crippen molar-refractivity contribution in [2.45, 2.75) is 19.4 Å². The third-order valence-corrected chi connectivity index (χ3v) is 3.63. The van der Waals surface area contributed by atoms with E-state index in [0.717, 1.165) is 12.1 Å². The van der Waals surface area contributed by atoms with E-state index >= 15 is 0 Å². The molecule has 0 bridgehead atoms. The molecule has 0 spiro atoms. The molecule has 0 aliphatic rings. The summed E-state index contributed by atoms with van der Waals surface area (Å²) < 4.78 is 1.74. The van der Waals surface area contributed by atoms with Crippen LogP contribution in [0.1, 0.15) is 21.5 Å². The van der Waals surface area contributed by atoms with Gasteiger partial charge in [-0.05, 0) is 26.1 Å². The summed E-state index contributed by atoms with van der Waals surface area (Å²) in [4.78, 5) is 2.69. The minimum Gasteiger partial charge on any atom is -0.312 e. The Balaban J connectivity index is 2.12. The van der Waals surface area contributed by atoms with Crippen molar-refractivity contribution < 1.29 is 0 Å². The molecule has 16 heavy (non-hydrogen) atoms. The zero-order valence-electron chi connectivity index (χ0n) is 9.77. The predicted molar refractivity (Wildman–Crippen MR) is 65.6 cm³/mol. The molecule has 1 atom stereocenters. The van der Waals surface area contributed by atoms with Crippen LogP contribution in [0.15, 0.2) is 18.3 Å². The van der Waals surface area contributed by atoms with E-state index in [0.29, 0.717) is 6.04 Å². The number of nitrogens with one attached hydrogen (secondary N) is 1. The molecule has 0 saturated heterocycles. The number of aryl methyl sites for hydroxylation is 2. The van der Waals surface area contributed by atoms with Crippen molar-refractivity contribution in [1.82, 2.24) is 20.3 Å².